The van der Waals surface area contributed by atoms with Crippen molar-refractivity contribution in [3.05, 3.63) is 44.1 Å². The van der Waals surface area contributed by atoms with Gasteiger partial charge in [-0.2, -0.15) is 0 Å². The van der Waals surface area contributed by atoms with Crippen LogP contribution in [0.3, 0.4) is 0 Å². The van der Waals surface area contributed by atoms with Crippen LogP contribution in [0.2, 0.25) is 0 Å². The Labute approximate surface area is 130 Å². The van der Waals surface area contributed by atoms with Crippen LogP contribution in [0, 0.1) is 6.92 Å². The molecular weight excluding hydrogens is 336 g/mol. The first-order valence-electron chi connectivity index (χ1n) is 6.59. The van der Waals surface area contributed by atoms with Crippen molar-refractivity contribution in [3.8, 4) is 0 Å². The summed E-state index contributed by atoms with van der Waals surface area (Å²) in [5.74, 6) is 0.124. The largest absolute Gasteiger partial charge is 0.317 e. The van der Waals surface area contributed by atoms with Crippen molar-refractivity contribution in [1.29, 1.82) is 0 Å². The van der Waals surface area contributed by atoms with Gasteiger partial charge in [0.15, 0.2) is 10.6 Å². The van der Waals surface area contributed by atoms with Crippen LogP contribution in [0.15, 0.2) is 33.7 Å². The first kappa shape index (κ1) is 13.8. The van der Waals surface area contributed by atoms with Crippen LogP contribution in [0.4, 0.5) is 5.69 Å². The van der Waals surface area contributed by atoms with Crippen molar-refractivity contribution in [2.24, 2.45) is 4.99 Å². The van der Waals surface area contributed by atoms with E-state index in [0.29, 0.717) is 6.04 Å². The van der Waals surface area contributed by atoms with Gasteiger partial charge in [0.25, 0.3) is 0 Å². The minimum absolute atomic E-state index is 0.124. The third-order valence-corrected chi connectivity index (χ3v) is 5.16. The van der Waals surface area contributed by atoms with Gasteiger partial charge >= 0.3 is 0 Å². The summed E-state index contributed by atoms with van der Waals surface area (Å²) in [4.78, 5) is 18.2. The van der Waals surface area contributed by atoms with Crippen LogP contribution in [-0.2, 0) is 0 Å². The number of thiazole rings is 1. The maximum Gasteiger partial charge on any atom is 0.191 e. The monoisotopic (exact) mass is 350 g/mol. The highest BCUT2D eigenvalue weighted by Gasteiger charge is 2.28. The molecule has 0 amide bonds. The number of rotatable bonds is 3. The first-order valence-corrected chi connectivity index (χ1v) is 8.20. The molecule has 5 heteroatoms. The number of carbonyl (C=O) groups excluding carboxylic acids is 1. The van der Waals surface area contributed by atoms with Gasteiger partial charge in [0, 0.05) is 23.1 Å². The number of carbonyl (C=O) groups is 1. The lowest BCUT2D eigenvalue weighted by atomic mass is 10.3. The molecule has 1 aliphatic carbocycles. The fraction of sp³-hybridized carbons (Fsp3) is 0.333. The lowest BCUT2D eigenvalue weighted by Gasteiger charge is -2.03. The molecule has 1 fully saturated rings. The minimum Gasteiger partial charge on any atom is -0.317 e. The zero-order valence-corrected chi connectivity index (χ0v) is 13.8. The second kappa shape index (κ2) is 5.30. The van der Waals surface area contributed by atoms with Crippen LogP contribution in [-0.4, -0.2) is 10.4 Å². The van der Waals surface area contributed by atoms with Crippen molar-refractivity contribution >= 4 is 38.7 Å². The molecule has 0 radical (unpaired) electrons. The Morgan fingerprint density at radius 2 is 2.00 bits per heavy atom. The summed E-state index contributed by atoms with van der Waals surface area (Å²) in [6, 6.07) is 8.43. The minimum atomic E-state index is 0.124. The molecule has 1 aromatic carbocycles. The molecule has 0 aliphatic heterocycles. The van der Waals surface area contributed by atoms with E-state index in [1.807, 2.05) is 31.2 Å². The maximum atomic E-state index is 11.7. The van der Waals surface area contributed by atoms with Crippen molar-refractivity contribution in [1.82, 2.24) is 4.57 Å². The molecule has 3 nitrogen and oxygen atoms in total. The standard InChI is InChI=1S/C15H15BrN2OS/c1-9-14(10(2)19)20-15(18(9)13-7-8-13)17-12-5-3-11(16)4-6-12/h3-6,13H,7-8H2,1-2H3. The molecule has 0 unspecified atom stereocenters. The zero-order chi connectivity index (χ0) is 14.3. The van der Waals surface area contributed by atoms with E-state index in [1.54, 1.807) is 6.92 Å². The fourth-order valence-corrected chi connectivity index (χ4v) is 3.63. The van der Waals surface area contributed by atoms with Gasteiger partial charge in [-0.25, -0.2) is 4.99 Å². The van der Waals surface area contributed by atoms with Gasteiger partial charge < -0.3 is 4.57 Å². The Hall–Kier alpha value is -1.20. The highest BCUT2D eigenvalue weighted by molar-refractivity contribution is 9.10. The predicted molar refractivity (Wildman–Crippen MR) is 84.7 cm³/mol. The predicted octanol–water partition coefficient (Wildman–Crippen LogP) is 4.39. The number of aromatic nitrogens is 1. The summed E-state index contributed by atoms with van der Waals surface area (Å²) in [5, 5.41) is 0. The van der Waals surface area contributed by atoms with Gasteiger partial charge in [-0.1, -0.05) is 27.3 Å². The first-order chi connectivity index (χ1) is 9.56. The van der Waals surface area contributed by atoms with E-state index in [1.165, 1.54) is 24.2 Å². The summed E-state index contributed by atoms with van der Waals surface area (Å²) in [6.45, 7) is 3.64. The number of halogens is 1. The molecule has 0 saturated heterocycles. The van der Waals surface area contributed by atoms with Crippen molar-refractivity contribution in [2.75, 3.05) is 0 Å². The summed E-state index contributed by atoms with van der Waals surface area (Å²) < 4.78 is 3.27. The Kier molecular flexibility index (Phi) is 3.65. The van der Waals surface area contributed by atoms with Gasteiger partial charge in [0.2, 0.25) is 0 Å². The number of nitrogens with zero attached hydrogens (tertiary/aromatic N) is 2. The van der Waals surface area contributed by atoms with Crippen molar-refractivity contribution in [2.45, 2.75) is 32.7 Å². The van der Waals surface area contributed by atoms with E-state index in [2.05, 4.69) is 20.5 Å². The molecule has 0 bridgehead atoms. The number of Topliss-reactive ketones (excluding diaryl/α,β-unsaturated/α-hetero) is 1. The molecule has 1 aliphatic rings. The summed E-state index contributed by atoms with van der Waals surface area (Å²) in [6.07, 6.45) is 2.37. The van der Waals surface area contributed by atoms with E-state index in [-0.39, 0.29) is 5.78 Å². The lowest BCUT2D eigenvalue weighted by molar-refractivity contribution is 0.102. The SMILES string of the molecule is CC(=O)c1sc(=Nc2ccc(Br)cc2)n(C2CC2)c1C. The number of benzene rings is 1. The molecular formula is C15H15BrN2OS. The van der Waals surface area contributed by atoms with Crippen LogP contribution in [0.5, 0.6) is 0 Å². The topological polar surface area (TPSA) is 34.4 Å². The Morgan fingerprint density at radius 1 is 1.35 bits per heavy atom. The lowest BCUT2D eigenvalue weighted by Crippen LogP contribution is -2.14. The van der Waals surface area contributed by atoms with Gasteiger partial charge in [0.1, 0.15) is 0 Å². The van der Waals surface area contributed by atoms with Gasteiger partial charge in [-0.05, 0) is 44.0 Å². The highest BCUT2D eigenvalue weighted by atomic mass is 79.9. The normalized spacial score (nSPS) is 15.7. The van der Waals surface area contributed by atoms with Crippen LogP contribution in [0.25, 0.3) is 0 Å². The van der Waals surface area contributed by atoms with Gasteiger partial charge in [-0.15, -0.1) is 0 Å². The number of ketones is 1. The van der Waals surface area contributed by atoms with E-state index in [4.69, 9.17) is 4.99 Å². The summed E-state index contributed by atoms with van der Waals surface area (Å²) in [5.41, 5.74) is 1.97. The summed E-state index contributed by atoms with van der Waals surface area (Å²) >= 11 is 4.92. The quantitative estimate of drug-likeness (QED) is 0.755. The van der Waals surface area contributed by atoms with E-state index < -0.39 is 0 Å². The third-order valence-electron chi connectivity index (χ3n) is 3.37. The molecule has 2 aromatic rings. The second-order valence-corrected chi connectivity index (χ2v) is 6.94. The summed E-state index contributed by atoms with van der Waals surface area (Å²) in [7, 11) is 0. The molecule has 1 aromatic heterocycles. The van der Waals surface area contributed by atoms with Gasteiger partial charge in [0.05, 0.1) is 10.6 Å². The number of hydrogen-bond acceptors (Lipinski definition) is 3. The van der Waals surface area contributed by atoms with E-state index >= 15 is 0 Å². The molecule has 3 rings (SSSR count). The van der Waals surface area contributed by atoms with Crippen molar-refractivity contribution < 1.29 is 4.79 Å². The third kappa shape index (κ3) is 2.65. The highest BCUT2D eigenvalue weighted by Crippen LogP contribution is 2.36. The van der Waals surface area contributed by atoms with Crippen LogP contribution >= 0.6 is 27.3 Å². The average molecular weight is 351 g/mol. The van der Waals surface area contributed by atoms with E-state index in [0.717, 1.165) is 25.5 Å². The van der Waals surface area contributed by atoms with E-state index in [9.17, 15) is 4.79 Å². The van der Waals surface area contributed by atoms with Crippen LogP contribution < -0.4 is 4.80 Å². The Morgan fingerprint density at radius 3 is 2.55 bits per heavy atom. The smallest absolute Gasteiger partial charge is 0.191 e. The molecule has 1 saturated carbocycles. The van der Waals surface area contributed by atoms with Gasteiger partial charge in [-0.3, -0.25) is 4.79 Å². The molecule has 0 atom stereocenters. The van der Waals surface area contributed by atoms with Crippen molar-refractivity contribution in [3.63, 3.8) is 0 Å². The maximum absolute atomic E-state index is 11.7. The van der Waals surface area contributed by atoms with Crippen LogP contribution in [0.1, 0.15) is 41.2 Å². The molecule has 0 spiro atoms. The zero-order valence-electron chi connectivity index (χ0n) is 11.4. The molecule has 104 valence electrons. The molecule has 20 heavy (non-hydrogen) atoms. The fourth-order valence-electron chi connectivity index (χ4n) is 2.26. The molecule has 1 heterocycles. The number of hydrogen-bond donors (Lipinski definition) is 0. The average Bonchev–Trinajstić information content (AvgIpc) is 3.17. The molecule has 0 N–H and O–H groups in total. The second-order valence-electron chi connectivity index (χ2n) is 5.04. The Balaban J connectivity index is 2.14. The Bertz CT molecular complexity index is 723.